The number of rotatable bonds is 3. The van der Waals surface area contributed by atoms with Crippen LogP contribution in [0.1, 0.15) is 47.4 Å². The van der Waals surface area contributed by atoms with Crippen LogP contribution in [-0.2, 0) is 13.0 Å². The minimum Gasteiger partial charge on any atom is -0.348 e. The van der Waals surface area contributed by atoms with Gasteiger partial charge in [0.05, 0.1) is 0 Å². The van der Waals surface area contributed by atoms with Crippen molar-refractivity contribution >= 4 is 5.78 Å². The maximum absolute atomic E-state index is 11.7. The highest BCUT2D eigenvalue weighted by Gasteiger charge is 2.21. The van der Waals surface area contributed by atoms with Crippen molar-refractivity contribution in [3.05, 3.63) is 23.0 Å². The van der Waals surface area contributed by atoms with Gasteiger partial charge in [0, 0.05) is 36.3 Å². The average Bonchev–Trinajstić information content (AvgIpc) is 2.58. The summed E-state index contributed by atoms with van der Waals surface area (Å²) in [5, 5.41) is 0. The predicted octanol–water partition coefficient (Wildman–Crippen LogP) is 2.73. The van der Waals surface area contributed by atoms with E-state index in [1.807, 2.05) is 6.07 Å². The van der Waals surface area contributed by atoms with Crippen LogP contribution in [0.15, 0.2) is 6.07 Å². The molecule has 16 heavy (non-hydrogen) atoms. The number of hydrogen-bond acceptors (Lipinski definition) is 1. The second-order valence-corrected chi connectivity index (χ2v) is 4.38. The molecule has 2 nitrogen and oxygen atoms in total. The van der Waals surface area contributed by atoms with Crippen LogP contribution in [0.2, 0.25) is 0 Å². The van der Waals surface area contributed by atoms with Crippen molar-refractivity contribution < 1.29 is 4.79 Å². The van der Waals surface area contributed by atoms with Crippen LogP contribution in [0, 0.1) is 19.3 Å². The lowest BCUT2D eigenvalue weighted by Crippen LogP contribution is -2.13. The number of hydrogen-bond donors (Lipinski definition) is 0. The lowest BCUT2D eigenvalue weighted by molar-refractivity contribution is 0.0971. The topological polar surface area (TPSA) is 22.0 Å². The molecule has 1 heterocycles. The summed E-state index contributed by atoms with van der Waals surface area (Å²) in [5.41, 5.74) is 3.37. The number of aryl methyl sites for hydroxylation is 1. The van der Waals surface area contributed by atoms with Crippen molar-refractivity contribution in [1.82, 2.24) is 4.57 Å². The third kappa shape index (κ3) is 1.90. The van der Waals surface area contributed by atoms with E-state index in [9.17, 15) is 4.79 Å². The van der Waals surface area contributed by atoms with E-state index < -0.39 is 0 Å². The van der Waals surface area contributed by atoms with Crippen molar-refractivity contribution in [3.63, 3.8) is 0 Å². The van der Waals surface area contributed by atoms with Gasteiger partial charge in [0.15, 0.2) is 5.78 Å². The van der Waals surface area contributed by atoms with Gasteiger partial charge in [-0.25, -0.2) is 0 Å². The molecule has 0 atom stereocenters. The van der Waals surface area contributed by atoms with Gasteiger partial charge >= 0.3 is 0 Å². The first-order valence-corrected chi connectivity index (χ1v) is 5.89. The molecule has 1 aliphatic rings. The molecule has 0 fully saturated rings. The van der Waals surface area contributed by atoms with Gasteiger partial charge in [0.2, 0.25) is 0 Å². The lowest BCUT2D eigenvalue weighted by atomic mass is 9.96. The van der Waals surface area contributed by atoms with Crippen molar-refractivity contribution in [3.8, 4) is 12.3 Å². The summed E-state index contributed by atoms with van der Waals surface area (Å²) in [6.07, 6.45) is 9.78. The van der Waals surface area contributed by atoms with Crippen molar-refractivity contribution in [1.29, 1.82) is 0 Å². The number of nitrogens with zero attached hydrogens (tertiary/aromatic N) is 1. The van der Waals surface area contributed by atoms with E-state index in [0.717, 1.165) is 37.8 Å². The quantitative estimate of drug-likeness (QED) is 0.561. The van der Waals surface area contributed by atoms with E-state index in [4.69, 9.17) is 6.42 Å². The summed E-state index contributed by atoms with van der Waals surface area (Å²) in [6.45, 7) is 3.01. The van der Waals surface area contributed by atoms with Gasteiger partial charge < -0.3 is 4.57 Å². The highest BCUT2D eigenvalue weighted by molar-refractivity contribution is 5.98. The summed E-state index contributed by atoms with van der Waals surface area (Å²) < 4.78 is 2.27. The first kappa shape index (κ1) is 11.0. The second kappa shape index (κ2) is 4.57. The standard InChI is InChI=1S/C14H17NO/c1-3-4-5-9-15-11(2)10-12-13(15)7-6-8-14(12)16/h1,10H,4-9H2,2H3. The molecule has 0 radical (unpaired) electrons. The highest BCUT2D eigenvalue weighted by Crippen LogP contribution is 2.25. The Kier molecular flexibility index (Phi) is 3.14. The molecule has 0 amide bonds. The maximum Gasteiger partial charge on any atom is 0.164 e. The molecule has 1 aromatic rings. The summed E-state index contributed by atoms with van der Waals surface area (Å²) in [7, 11) is 0. The molecule has 0 aliphatic heterocycles. The first-order chi connectivity index (χ1) is 7.74. The molecule has 84 valence electrons. The van der Waals surface area contributed by atoms with Gasteiger partial charge in [-0.2, -0.15) is 0 Å². The fourth-order valence-corrected chi connectivity index (χ4v) is 2.44. The van der Waals surface area contributed by atoms with Crippen molar-refractivity contribution in [2.75, 3.05) is 0 Å². The Hall–Kier alpha value is -1.49. The van der Waals surface area contributed by atoms with Gasteiger partial charge in [-0.15, -0.1) is 12.3 Å². The van der Waals surface area contributed by atoms with Gasteiger partial charge in [-0.3, -0.25) is 4.79 Å². The Morgan fingerprint density at radius 2 is 2.31 bits per heavy atom. The van der Waals surface area contributed by atoms with Crippen LogP contribution in [-0.4, -0.2) is 10.4 Å². The number of fused-ring (bicyclic) bond motifs is 1. The molecular weight excluding hydrogens is 198 g/mol. The summed E-state index contributed by atoms with van der Waals surface area (Å²) in [6, 6.07) is 2.03. The maximum atomic E-state index is 11.7. The van der Waals surface area contributed by atoms with E-state index >= 15 is 0 Å². The molecule has 0 saturated carbocycles. The van der Waals surface area contributed by atoms with E-state index in [1.54, 1.807) is 0 Å². The average molecular weight is 215 g/mol. The Bertz CT molecular complexity index is 448. The predicted molar refractivity (Wildman–Crippen MR) is 64.5 cm³/mol. The minimum atomic E-state index is 0.306. The molecule has 0 N–H and O–H groups in total. The molecular formula is C14H17NO. The fraction of sp³-hybridized carbons (Fsp3) is 0.500. The monoisotopic (exact) mass is 215 g/mol. The SMILES string of the molecule is C#CCCCn1c(C)cc2c1CCCC2=O. The zero-order chi connectivity index (χ0) is 11.5. The summed E-state index contributed by atoms with van der Waals surface area (Å²) in [5.74, 6) is 2.96. The van der Waals surface area contributed by atoms with Gasteiger partial charge in [-0.1, -0.05) is 0 Å². The Morgan fingerprint density at radius 1 is 1.50 bits per heavy atom. The van der Waals surface area contributed by atoms with Gasteiger partial charge in [0.1, 0.15) is 0 Å². The van der Waals surface area contributed by atoms with E-state index in [0.29, 0.717) is 12.2 Å². The van der Waals surface area contributed by atoms with Crippen molar-refractivity contribution in [2.45, 2.75) is 45.6 Å². The Morgan fingerprint density at radius 3 is 3.06 bits per heavy atom. The summed E-state index contributed by atoms with van der Waals surface area (Å²) in [4.78, 5) is 11.7. The fourth-order valence-electron chi connectivity index (χ4n) is 2.44. The zero-order valence-corrected chi connectivity index (χ0v) is 9.75. The van der Waals surface area contributed by atoms with Crippen LogP contribution in [0.5, 0.6) is 0 Å². The van der Waals surface area contributed by atoms with E-state index in [1.165, 1.54) is 11.4 Å². The molecule has 2 rings (SSSR count). The Labute approximate surface area is 96.7 Å². The van der Waals surface area contributed by atoms with Crippen LogP contribution in [0.3, 0.4) is 0 Å². The number of carbonyl (C=O) groups is 1. The van der Waals surface area contributed by atoms with Crippen LogP contribution in [0.25, 0.3) is 0 Å². The molecule has 0 spiro atoms. The lowest BCUT2D eigenvalue weighted by Gasteiger charge is -2.15. The van der Waals surface area contributed by atoms with Crippen molar-refractivity contribution in [2.24, 2.45) is 0 Å². The second-order valence-electron chi connectivity index (χ2n) is 4.38. The largest absolute Gasteiger partial charge is 0.348 e. The van der Waals surface area contributed by atoms with E-state index in [2.05, 4.69) is 17.4 Å². The number of ketones is 1. The van der Waals surface area contributed by atoms with Gasteiger partial charge in [0.25, 0.3) is 0 Å². The molecule has 0 bridgehead atoms. The van der Waals surface area contributed by atoms with Crippen LogP contribution >= 0.6 is 0 Å². The molecule has 1 aromatic heterocycles. The molecule has 0 aromatic carbocycles. The normalized spacial score (nSPS) is 14.6. The molecule has 1 aliphatic carbocycles. The van der Waals surface area contributed by atoms with Crippen LogP contribution in [0.4, 0.5) is 0 Å². The number of carbonyl (C=O) groups excluding carboxylic acids is 1. The third-order valence-corrected chi connectivity index (χ3v) is 3.24. The Balaban J connectivity index is 2.25. The first-order valence-electron chi connectivity index (χ1n) is 5.89. The molecule has 2 heteroatoms. The van der Waals surface area contributed by atoms with E-state index in [-0.39, 0.29) is 0 Å². The number of terminal acetylenes is 1. The number of Topliss-reactive ketones (excluding diaryl/α,β-unsaturated/α-hetero) is 1. The zero-order valence-electron chi connectivity index (χ0n) is 9.75. The third-order valence-electron chi connectivity index (χ3n) is 3.24. The molecule has 0 saturated heterocycles. The number of unbranched alkanes of at least 4 members (excludes halogenated alkanes) is 1. The minimum absolute atomic E-state index is 0.306. The number of aromatic nitrogens is 1. The highest BCUT2D eigenvalue weighted by atomic mass is 16.1. The summed E-state index contributed by atoms with van der Waals surface area (Å²) >= 11 is 0. The van der Waals surface area contributed by atoms with Gasteiger partial charge in [-0.05, 0) is 32.3 Å². The smallest absolute Gasteiger partial charge is 0.164 e. The van der Waals surface area contributed by atoms with Crippen LogP contribution < -0.4 is 0 Å². The molecule has 0 unspecified atom stereocenters.